The monoisotopic (exact) mass is 612 g/mol. The lowest BCUT2D eigenvalue weighted by molar-refractivity contribution is 0.0689. The average Bonchev–Trinajstić information content (AvgIpc) is 3.83. The minimum absolute atomic E-state index is 0.0788. The number of benzene rings is 1. The number of carboxylic acids is 1. The molecule has 2 aliphatic carbocycles. The summed E-state index contributed by atoms with van der Waals surface area (Å²) >= 11 is 12.9. The third kappa shape index (κ3) is 4.96. The molecule has 42 heavy (non-hydrogen) atoms. The second-order valence-electron chi connectivity index (χ2n) is 10.9. The maximum Gasteiger partial charge on any atom is 0.354 e. The molecule has 216 valence electrons. The van der Waals surface area contributed by atoms with Gasteiger partial charge in [-0.05, 0) is 48.8 Å². The number of carboxylic acid groups (broad SMARTS) is 1. The van der Waals surface area contributed by atoms with E-state index in [4.69, 9.17) is 32.5 Å². The fourth-order valence-electron chi connectivity index (χ4n) is 5.97. The predicted molar refractivity (Wildman–Crippen MR) is 154 cm³/mol. The number of aromatic carboxylic acids is 1. The van der Waals surface area contributed by atoms with Crippen molar-refractivity contribution in [1.82, 2.24) is 15.1 Å². The van der Waals surface area contributed by atoms with Gasteiger partial charge in [-0.2, -0.15) is 0 Å². The Bertz CT molecular complexity index is 1710. The number of fused-ring (bicyclic) bond motifs is 2. The molecular weight excluding hydrogens is 589 g/mol. The fourth-order valence-corrected chi connectivity index (χ4v) is 6.51. The van der Waals surface area contributed by atoms with Gasteiger partial charge in [-0.25, -0.2) is 18.6 Å². The van der Waals surface area contributed by atoms with Crippen LogP contribution < -0.4 is 9.64 Å². The van der Waals surface area contributed by atoms with Gasteiger partial charge in [-0.15, -0.1) is 0 Å². The Kier molecular flexibility index (Phi) is 6.78. The molecule has 2 saturated carbocycles. The SMILES string of the molecule is O=C(O)c1cc(OCC(F)F)c2cc(N3CC4C(/C=C/c5c(-c6c(Cl)cncc6Cl)noc5C5CC5)C4C3)ccc2n1. The molecule has 0 amide bonds. The first-order valence-corrected chi connectivity index (χ1v) is 14.3. The maximum absolute atomic E-state index is 12.9. The molecule has 4 aromatic rings. The summed E-state index contributed by atoms with van der Waals surface area (Å²) in [6.45, 7) is 0.820. The Hall–Kier alpha value is -3.76. The van der Waals surface area contributed by atoms with E-state index in [1.807, 2.05) is 12.1 Å². The smallest absolute Gasteiger partial charge is 0.354 e. The summed E-state index contributed by atoms with van der Waals surface area (Å²) < 4.78 is 36.8. The Morgan fingerprint density at radius 1 is 1.17 bits per heavy atom. The minimum Gasteiger partial charge on any atom is -0.487 e. The van der Waals surface area contributed by atoms with Crippen molar-refractivity contribution in [2.24, 2.45) is 17.8 Å². The van der Waals surface area contributed by atoms with Crippen LogP contribution in [0.5, 0.6) is 5.75 Å². The van der Waals surface area contributed by atoms with Gasteiger partial charge in [0.05, 0.1) is 15.6 Å². The zero-order valence-corrected chi connectivity index (χ0v) is 23.5. The highest BCUT2D eigenvalue weighted by Crippen LogP contribution is 2.54. The number of carbonyl (C=O) groups is 1. The summed E-state index contributed by atoms with van der Waals surface area (Å²) in [5.41, 5.74) is 3.17. The van der Waals surface area contributed by atoms with E-state index in [2.05, 4.69) is 32.2 Å². The highest BCUT2D eigenvalue weighted by atomic mass is 35.5. The van der Waals surface area contributed by atoms with Gasteiger partial charge in [-0.3, -0.25) is 4.98 Å². The number of allylic oxidation sites excluding steroid dienone is 1. The van der Waals surface area contributed by atoms with Crippen LogP contribution in [0.15, 0.2) is 47.3 Å². The standard InChI is InChI=1S/C30H24Cl2F2N4O4/c31-21-9-35-10-22(32)27(21)28-17(29(42-37-28)14-1-2-14)5-4-16-19-11-38(12-20(16)19)15-3-6-23-18(7-15)25(41-13-26(33)34)8-24(36-23)30(39)40/h3-10,14,16,19-20,26H,1-2,11-13H2,(H,39,40)/b5-4+. The highest BCUT2D eigenvalue weighted by molar-refractivity contribution is 6.39. The van der Waals surface area contributed by atoms with Gasteiger partial charge in [0.15, 0.2) is 5.69 Å². The molecule has 0 radical (unpaired) electrons. The van der Waals surface area contributed by atoms with Crippen LogP contribution >= 0.6 is 23.2 Å². The molecular formula is C30H24Cl2F2N4O4. The fraction of sp³-hybridized carbons (Fsp3) is 0.333. The van der Waals surface area contributed by atoms with Crippen LogP contribution in [0.3, 0.4) is 0 Å². The van der Waals surface area contributed by atoms with E-state index in [1.165, 1.54) is 6.07 Å². The molecule has 1 aliphatic heterocycles. The molecule has 2 unspecified atom stereocenters. The first-order valence-electron chi connectivity index (χ1n) is 13.6. The molecule has 0 bridgehead atoms. The molecule has 3 aromatic heterocycles. The summed E-state index contributed by atoms with van der Waals surface area (Å²) in [6, 6.07) is 6.61. The number of aromatic nitrogens is 3. The number of hydrogen-bond acceptors (Lipinski definition) is 7. The molecule has 4 heterocycles. The predicted octanol–water partition coefficient (Wildman–Crippen LogP) is 7.21. The molecule has 1 aromatic carbocycles. The van der Waals surface area contributed by atoms with E-state index in [9.17, 15) is 18.7 Å². The van der Waals surface area contributed by atoms with Gasteiger partial charge in [0.25, 0.3) is 6.43 Å². The Balaban J connectivity index is 1.10. The topological polar surface area (TPSA) is 102 Å². The molecule has 7 rings (SSSR count). The summed E-state index contributed by atoms with van der Waals surface area (Å²) in [7, 11) is 0. The van der Waals surface area contributed by atoms with E-state index < -0.39 is 19.0 Å². The Morgan fingerprint density at radius 3 is 2.57 bits per heavy atom. The minimum atomic E-state index is -2.69. The molecule has 0 spiro atoms. The van der Waals surface area contributed by atoms with Crippen molar-refractivity contribution in [1.29, 1.82) is 0 Å². The van der Waals surface area contributed by atoms with Crippen molar-refractivity contribution in [3.05, 3.63) is 69.8 Å². The number of pyridine rings is 2. The zero-order valence-electron chi connectivity index (χ0n) is 22.0. The highest BCUT2D eigenvalue weighted by Gasteiger charge is 2.54. The number of anilines is 1. The number of rotatable bonds is 9. The second-order valence-corrected chi connectivity index (χ2v) is 11.8. The normalized spacial score (nSPS) is 21.5. The van der Waals surface area contributed by atoms with Gasteiger partial charge in [-0.1, -0.05) is 40.5 Å². The van der Waals surface area contributed by atoms with Crippen LogP contribution in [0.2, 0.25) is 10.0 Å². The van der Waals surface area contributed by atoms with Gasteiger partial charge < -0.3 is 19.3 Å². The second kappa shape index (κ2) is 10.5. The molecule has 1 N–H and O–H groups in total. The van der Waals surface area contributed by atoms with E-state index in [-0.39, 0.29) is 11.4 Å². The quantitative estimate of drug-likeness (QED) is 0.212. The van der Waals surface area contributed by atoms with Gasteiger partial charge in [0.2, 0.25) is 0 Å². The van der Waals surface area contributed by atoms with E-state index >= 15 is 0 Å². The summed E-state index contributed by atoms with van der Waals surface area (Å²) in [5, 5.41) is 15.0. The molecule has 3 aliphatic rings. The molecule has 12 heteroatoms. The van der Waals surface area contributed by atoms with Crippen LogP contribution in [-0.4, -0.2) is 52.3 Å². The number of piperidine rings is 1. The van der Waals surface area contributed by atoms with Crippen molar-refractivity contribution in [2.75, 3.05) is 24.6 Å². The Morgan fingerprint density at radius 2 is 1.90 bits per heavy atom. The van der Waals surface area contributed by atoms with Crippen LogP contribution in [0.4, 0.5) is 14.5 Å². The van der Waals surface area contributed by atoms with Gasteiger partial charge in [0.1, 0.15) is 23.8 Å². The third-order valence-corrected chi connectivity index (χ3v) is 8.82. The van der Waals surface area contributed by atoms with Crippen LogP contribution in [0.25, 0.3) is 28.2 Å². The molecule has 8 nitrogen and oxygen atoms in total. The van der Waals surface area contributed by atoms with E-state index in [1.54, 1.807) is 18.5 Å². The zero-order chi connectivity index (χ0) is 29.1. The van der Waals surface area contributed by atoms with E-state index in [0.717, 1.165) is 42.9 Å². The number of nitrogens with zero attached hydrogens (tertiary/aromatic N) is 4. The third-order valence-electron chi connectivity index (χ3n) is 8.24. The van der Waals surface area contributed by atoms with Crippen molar-refractivity contribution < 1.29 is 27.9 Å². The molecule has 1 saturated heterocycles. The summed E-state index contributed by atoms with van der Waals surface area (Å²) in [6.07, 6.45) is 6.84. The average molecular weight is 613 g/mol. The molecule has 3 fully saturated rings. The first-order chi connectivity index (χ1) is 20.3. The number of ether oxygens (including phenoxy) is 1. The van der Waals surface area contributed by atoms with Gasteiger partial charge in [0, 0.05) is 59.7 Å². The maximum atomic E-state index is 12.9. The van der Waals surface area contributed by atoms with Crippen LogP contribution in [0.1, 0.15) is 40.6 Å². The largest absolute Gasteiger partial charge is 0.487 e. The lowest BCUT2D eigenvalue weighted by atomic mass is 10.0. The summed E-state index contributed by atoms with van der Waals surface area (Å²) in [4.78, 5) is 21.9. The van der Waals surface area contributed by atoms with Crippen molar-refractivity contribution in [3.63, 3.8) is 0 Å². The number of halogens is 4. The van der Waals surface area contributed by atoms with Gasteiger partial charge >= 0.3 is 5.97 Å². The van der Waals surface area contributed by atoms with Crippen LogP contribution in [0, 0.1) is 17.8 Å². The van der Waals surface area contributed by atoms with E-state index in [0.29, 0.717) is 55.9 Å². The molecule has 2 atom stereocenters. The lowest BCUT2D eigenvalue weighted by Crippen LogP contribution is -2.23. The van der Waals surface area contributed by atoms with Crippen LogP contribution in [-0.2, 0) is 0 Å². The summed E-state index contributed by atoms with van der Waals surface area (Å²) in [5.74, 6) is 1.34. The number of hydrogen-bond donors (Lipinski definition) is 1. The van der Waals surface area contributed by atoms with Crippen molar-refractivity contribution >= 4 is 51.8 Å². The number of alkyl halides is 2. The first kappa shape index (κ1) is 27.1. The van der Waals surface area contributed by atoms with Crippen molar-refractivity contribution in [2.45, 2.75) is 25.2 Å². The Labute approximate surface area is 248 Å². The lowest BCUT2D eigenvalue weighted by Gasteiger charge is -2.22. The van der Waals surface area contributed by atoms with Crippen molar-refractivity contribution in [3.8, 4) is 17.0 Å².